The van der Waals surface area contributed by atoms with Gasteiger partial charge in [-0.25, -0.2) is 0 Å². The largest absolute Gasteiger partial charge is 1.00 e. The van der Waals surface area contributed by atoms with Gasteiger partial charge in [0, 0.05) is 17.3 Å². The summed E-state index contributed by atoms with van der Waals surface area (Å²) >= 11 is 0. The monoisotopic (exact) mass is 292 g/mol. The Morgan fingerprint density at radius 2 is 1.65 bits per heavy atom. The SMILES string of the molecule is CCC(C)(P)C(=O)c1c(OC)cc(OC)cc1OC.[H-].[Li+]. The van der Waals surface area contributed by atoms with Crippen LogP contribution in [0.2, 0.25) is 0 Å². The van der Waals surface area contributed by atoms with Crippen molar-refractivity contribution in [3.63, 3.8) is 0 Å². The summed E-state index contributed by atoms with van der Waals surface area (Å²) in [6.45, 7) is 3.84. The van der Waals surface area contributed by atoms with Crippen LogP contribution in [-0.2, 0) is 0 Å². The number of hydrogen-bond acceptors (Lipinski definition) is 4. The second-order valence-corrected chi connectivity index (χ2v) is 5.78. The van der Waals surface area contributed by atoms with E-state index in [4.69, 9.17) is 14.2 Å². The molecule has 0 aliphatic rings. The van der Waals surface area contributed by atoms with Crippen LogP contribution in [0, 0.1) is 0 Å². The number of Topliss-reactive ketones (excluding diaryl/α,β-unsaturated/α-hetero) is 1. The van der Waals surface area contributed by atoms with E-state index in [1.165, 1.54) is 14.2 Å². The van der Waals surface area contributed by atoms with E-state index in [9.17, 15) is 4.79 Å². The Balaban J connectivity index is 0. The standard InChI is InChI=1S/C14H21O4P.Li.H/c1-6-14(2,19)13(15)12-10(17-4)7-9(16-3)8-11(12)18-5;;/h7-8H,6,19H2,1-5H3;;/q;+1;-1. The third kappa shape index (κ3) is 3.92. The molecule has 2 unspecified atom stereocenters. The Bertz CT molecular complexity index is 455. The molecule has 1 aromatic rings. The number of carbonyl (C=O) groups excluding carboxylic acids is 1. The van der Waals surface area contributed by atoms with Gasteiger partial charge in [0.1, 0.15) is 22.8 Å². The van der Waals surface area contributed by atoms with Crippen LogP contribution in [0.15, 0.2) is 12.1 Å². The molecule has 0 aliphatic carbocycles. The van der Waals surface area contributed by atoms with Gasteiger partial charge in [-0.2, -0.15) is 0 Å². The summed E-state index contributed by atoms with van der Waals surface area (Å²) in [7, 11) is 7.21. The molecule has 108 valence electrons. The van der Waals surface area contributed by atoms with Crippen LogP contribution in [-0.4, -0.2) is 32.3 Å². The third-order valence-electron chi connectivity index (χ3n) is 3.20. The van der Waals surface area contributed by atoms with Crippen molar-refractivity contribution < 1.29 is 39.3 Å². The van der Waals surface area contributed by atoms with Crippen molar-refractivity contribution in [2.75, 3.05) is 21.3 Å². The van der Waals surface area contributed by atoms with Crippen LogP contribution in [0.3, 0.4) is 0 Å². The average molecular weight is 292 g/mol. The van der Waals surface area contributed by atoms with Gasteiger partial charge in [-0.1, -0.05) is 6.92 Å². The van der Waals surface area contributed by atoms with E-state index in [0.29, 0.717) is 29.2 Å². The molecule has 0 radical (unpaired) electrons. The molecule has 4 nitrogen and oxygen atoms in total. The number of rotatable bonds is 6. The van der Waals surface area contributed by atoms with Crippen LogP contribution >= 0.6 is 9.24 Å². The van der Waals surface area contributed by atoms with E-state index in [-0.39, 0.29) is 26.1 Å². The van der Waals surface area contributed by atoms with Crippen molar-refractivity contribution in [2.24, 2.45) is 0 Å². The minimum atomic E-state index is -0.546. The molecule has 0 aromatic heterocycles. The average Bonchev–Trinajstić information content (AvgIpc) is 2.44. The Morgan fingerprint density at radius 1 is 1.20 bits per heavy atom. The smallest absolute Gasteiger partial charge is 1.00 e. The van der Waals surface area contributed by atoms with Crippen LogP contribution < -0.4 is 33.1 Å². The zero-order chi connectivity index (χ0) is 14.6. The van der Waals surface area contributed by atoms with Crippen molar-refractivity contribution in [1.82, 2.24) is 0 Å². The minimum Gasteiger partial charge on any atom is -1.00 e. The molecule has 0 saturated carbocycles. The molecule has 6 heteroatoms. The van der Waals surface area contributed by atoms with Gasteiger partial charge in [-0.15, -0.1) is 9.24 Å². The van der Waals surface area contributed by atoms with Gasteiger partial charge < -0.3 is 15.6 Å². The van der Waals surface area contributed by atoms with Crippen molar-refractivity contribution in [1.29, 1.82) is 0 Å². The number of ketones is 1. The Kier molecular flexibility index (Phi) is 7.66. The molecule has 1 aromatic carbocycles. The molecule has 0 amide bonds. The second-order valence-electron chi connectivity index (χ2n) is 4.51. The summed E-state index contributed by atoms with van der Waals surface area (Å²) in [6.07, 6.45) is 0.703. The molecule has 20 heavy (non-hydrogen) atoms. The number of carbonyl (C=O) groups is 1. The van der Waals surface area contributed by atoms with Crippen LogP contribution in [0.4, 0.5) is 0 Å². The third-order valence-corrected chi connectivity index (χ3v) is 3.87. The van der Waals surface area contributed by atoms with Gasteiger partial charge in [0.2, 0.25) is 0 Å². The first kappa shape index (κ1) is 19.3. The maximum absolute atomic E-state index is 12.6. The summed E-state index contributed by atoms with van der Waals surface area (Å²) in [5.41, 5.74) is 0.449. The van der Waals surface area contributed by atoms with E-state index in [1.54, 1.807) is 19.2 Å². The first-order chi connectivity index (χ1) is 8.91. The maximum Gasteiger partial charge on any atom is 1.00 e. The molecule has 0 heterocycles. The fourth-order valence-electron chi connectivity index (χ4n) is 1.68. The van der Waals surface area contributed by atoms with E-state index in [0.717, 1.165) is 0 Å². The topological polar surface area (TPSA) is 44.8 Å². The minimum absolute atomic E-state index is 0. The number of benzene rings is 1. The summed E-state index contributed by atoms with van der Waals surface area (Å²) in [5.74, 6) is 1.48. The van der Waals surface area contributed by atoms with E-state index >= 15 is 0 Å². The van der Waals surface area contributed by atoms with Gasteiger partial charge in [-0.3, -0.25) is 4.79 Å². The quantitative estimate of drug-likeness (QED) is 0.422. The summed E-state index contributed by atoms with van der Waals surface area (Å²) in [5, 5.41) is -0.546. The molecule has 0 spiro atoms. The second kappa shape index (κ2) is 7.93. The van der Waals surface area contributed by atoms with Crippen LogP contribution in [0.1, 0.15) is 32.1 Å². The summed E-state index contributed by atoms with van der Waals surface area (Å²) in [4.78, 5) is 12.6. The zero-order valence-electron chi connectivity index (χ0n) is 14.1. The van der Waals surface area contributed by atoms with E-state index < -0.39 is 5.16 Å². The number of methoxy groups -OCH3 is 3. The predicted octanol–water partition coefficient (Wildman–Crippen LogP) is 0.0554. The van der Waals surface area contributed by atoms with Gasteiger partial charge in [0.25, 0.3) is 0 Å². The fourth-order valence-corrected chi connectivity index (χ4v) is 1.82. The molecular formula is C14H22LiO4P. The van der Waals surface area contributed by atoms with Crippen molar-refractivity contribution in [3.05, 3.63) is 17.7 Å². The normalized spacial score (nSPS) is 12.9. The molecule has 1 rings (SSSR count). The molecule has 0 bridgehead atoms. The molecular weight excluding hydrogens is 270 g/mol. The number of hydrogen-bond donors (Lipinski definition) is 0. The van der Waals surface area contributed by atoms with Crippen molar-refractivity contribution >= 4 is 15.0 Å². The van der Waals surface area contributed by atoms with Gasteiger partial charge in [0.15, 0.2) is 5.78 Å². The molecule has 2 atom stereocenters. The van der Waals surface area contributed by atoms with Gasteiger partial charge in [-0.05, 0) is 13.3 Å². The van der Waals surface area contributed by atoms with E-state index in [1.807, 2.05) is 13.8 Å². The first-order valence-electron chi connectivity index (χ1n) is 6.05. The Hall–Kier alpha value is -0.683. The van der Waals surface area contributed by atoms with Crippen LogP contribution in [0.25, 0.3) is 0 Å². The Morgan fingerprint density at radius 3 is 1.95 bits per heavy atom. The van der Waals surface area contributed by atoms with Crippen molar-refractivity contribution in [2.45, 2.75) is 25.4 Å². The maximum atomic E-state index is 12.6. The fraction of sp³-hybridized carbons (Fsp3) is 0.500. The molecule has 0 aliphatic heterocycles. The van der Waals surface area contributed by atoms with Gasteiger partial charge >= 0.3 is 18.9 Å². The number of ether oxygens (including phenoxy) is 3. The van der Waals surface area contributed by atoms with E-state index in [2.05, 4.69) is 9.24 Å². The molecule has 0 saturated heterocycles. The Labute approximate surface area is 136 Å². The van der Waals surface area contributed by atoms with Crippen molar-refractivity contribution in [3.8, 4) is 17.2 Å². The first-order valence-corrected chi connectivity index (χ1v) is 6.62. The van der Waals surface area contributed by atoms with Crippen LogP contribution in [0.5, 0.6) is 17.2 Å². The summed E-state index contributed by atoms with van der Waals surface area (Å²) in [6, 6.07) is 3.37. The van der Waals surface area contributed by atoms with Gasteiger partial charge in [0.05, 0.1) is 21.3 Å². The molecule has 0 N–H and O–H groups in total. The molecule has 0 fully saturated rings. The predicted molar refractivity (Wildman–Crippen MR) is 79.9 cm³/mol. The summed E-state index contributed by atoms with van der Waals surface area (Å²) < 4.78 is 15.8. The zero-order valence-corrected chi connectivity index (χ0v) is 14.2.